The van der Waals surface area contributed by atoms with Crippen LogP contribution >= 0.6 is 23.2 Å². The Morgan fingerprint density at radius 3 is 1.56 bits per heavy atom. The van der Waals surface area contributed by atoms with Gasteiger partial charge in [-0.1, -0.05) is 65.2 Å². The van der Waals surface area contributed by atoms with Crippen LogP contribution in [0.4, 0.5) is 0 Å². The van der Waals surface area contributed by atoms with Crippen LogP contribution in [-0.2, 0) is 0 Å². The molecule has 3 rings (SSSR count). The molecule has 0 amide bonds. The van der Waals surface area contributed by atoms with E-state index in [4.69, 9.17) is 23.2 Å². The highest BCUT2D eigenvalue weighted by Crippen LogP contribution is 2.43. The van der Waals surface area contributed by atoms with E-state index in [0.717, 1.165) is 34.0 Å². The monoisotopic (exact) mass is 274 g/mol. The number of benzene rings is 2. The molecule has 0 spiro atoms. The van der Waals surface area contributed by atoms with Gasteiger partial charge in [0.1, 0.15) is 0 Å². The Hall–Kier alpha value is -1.24. The molecule has 0 unspecified atom stereocenters. The van der Waals surface area contributed by atoms with Gasteiger partial charge in [0, 0.05) is 21.2 Å². The topological polar surface area (TPSA) is 0 Å². The van der Waals surface area contributed by atoms with Crippen LogP contribution < -0.4 is 0 Å². The van der Waals surface area contributed by atoms with E-state index in [0.29, 0.717) is 0 Å². The molecule has 1 aliphatic rings. The van der Waals surface area contributed by atoms with Gasteiger partial charge in [-0.3, -0.25) is 0 Å². The van der Waals surface area contributed by atoms with Gasteiger partial charge in [-0.2, -0.15) is 0 Å². The number of hydrogen-bond donors (Lipinski definition) is 0. The molecule has 0 radical (unpaired) electrons. The van der Waals surface area contributed by atoms with Gasteiger partial charge in [0.25, 0.3) is 0 Å². The Morgan fingerprint density at radius 2 is 1.17 bits per heavy atom. The minimum absolute atomic E-state index is 0.784. The largest absolute Gasteiger partial charge is 0.0837 e. The van der Waals surface area contributed by atoms with E-state index < -0.39 is 0 Å². The molecule has 1 fully saturated rings. The number of halogens is 2. The Morgan fingerprint density at radius 1 is 0.722 bits per heavy atom. The van der Waals surface area contributed by atoms with E-state index in [-0.39, 0.29) is 0 Å². The van der Waals surface area contributed by atoms with E-state index in [9.17, 15) is 0 Å². The van der Waals surface area contributed by atoms with E-state index in [1.54, 1.807) is 0 Å². The molecule has 0 bridgehead atoms. The summed E-state index contributed by atoms with van der Waals surface area (Å²) in [6.45, 7) is 0. The third-order valence-electron chi connectivity index (χ3n) is 3.14. The van der Waals surface area contributed by atoms with Crippen molar-refractivity contribution >= 4 is 28.8 Å². The smallest absolute Gasteiger partial charge is 0.0484 e. The molecule has 2 heteroatoms. The van der Waals surface area contributed by atoms with Crippen LogP contribution in [0.1, 0.15) is 24.0 Å². The standard InChI is InChI=1S/C16H12Cl2/c17-14-7-3-1-5-12(14)16(11-9-10-11)13-6-2-4-8-15(13)18/h1-8H,9-10H2. The Labute approximate surface area is 117 Å². The predicted octanol–water partition coefficient (Wildman–Crippen LogP) is 5.59. The lowest BCUT2D eigenvalue weighted by molar-refractivity contribution is 1.50. The minimum atomic E-state index is 0.784. The molecule has 0 aromatic heterocycles. The summed E-state index contributed by atoms with van der Waals surface area (Å²) in [5.41, 5.74) is 4.82. The summed E-state index contributed by atoms with van der Waals surface area (Å²) in [4.78, 5) is 0. The maximum absolute atomic E-state index is 6.32. The van der Waals surface area contributed by atoms with E-state index in [2.05, 4.69) is 12.1 Å². The normalized spacial score (nSPS) is 13.6. The first-order valence-electron chi connectivity index (χ1n) is 5.99. The Bertz CT molecular complexity index is 573. The third kappa shape index (κ3) is 2.19. The van der Waals surface area contributed by atoms with Crippen LogP contribution in [0.3, 0.4) is 0 Å². The number of rotatable bonds is 2. The highest BCUT2D eigenvalue weighted by Gasteiger charge is 2.22. The summed E-state index contributed by atoms with van der Waals surface area (Å²) in [7, 11) is 0. The van der Waals surface area contributed by atoms with Crippen LogP contribution in [0.15, 0.2) is 54.1 Å². The van der Waals surface area contributed by atoms with Gasteiger partial charge in [-0.05, 0) is 30.5 Å². The minimum Gasteiger partial charge on any atom is -0.0837 e. The quantitative estimate of drug-likeness (QED) is 0.670. The summed E-state index contributed by atoms with van der Waals surface area (Å²) < 4.78 is 0. The van der Waals surface area contributed by atoms with Crippen molar-refractivity contribution < 1.29 is 0 Å². The van der Waals surface area contributed by atoms with Crippen molar-refractivity contribution in [3.8, 4) is 0 Å². The highest BCUT2D eigenvalue weighted by atomic mass is 35.5. The third-order valence-corrected chi connectivity index (χ3v) is 3.80. The lowest BCUT2D eigenvalue weighted by atomic mass is 9.97. The molecule has 1 aliphatic carbocycles. The zero-order chi connectivity index (χ0) is 12.5. The van der Waals surface area contributed by atoms with Crippen molar-refractivity contribution in [3.63, 3.8) is 0 Å². The zero-order valence-corrected chi connectivity index (χ0v) is 11.3. The van der Waals surface area contributed by atoms with Crippen molar-refractivity contribution in [1.82, 2.24) is 0 Å². The first kappa shape index (κ1) is 11.8. The van der Waals surface area contributed by atoms with Gasteiger partial charge >= 0.3 is 0 Å². The average Bonchev–Trinajstić information content (AvgIpc) is 3.19. The second kappa shape index (κ2) is 4.79. The van der Waals surface area contributed by atoms with Crippen LogP contribution in [0.2, 0.25) is 10.0 Å². The second-order valence-corrected chi connectivity index (χ2v) is 5.25. The summed E-state index contributed by atoms with van der Waals surface area (Å²) in [5.74, 6) is 0. The van der Waals surface area contributed by atoms with Crippen LogP contribution in [-0.4, -0.2) is 0 Å². The van der Waals surface area contributed by atoms with Crippen molar-refractivity contribution in [3.05, 3.63) is 75.3 Å². The van der Waals surface area contributed by atoms with Crippen LogP contribution in [0, 0.1) is 0 Å². The average molecular weight is 275 g/mol. The second-order valence-electron chi connectivity index (χ2n) is 4.44. The number of hydrogen-bond acceptors (Lipinski definition) is 0. The van der Waals surface area contributed by atoms with E-state index in [1.165, 1.54) is 11.1 Å². The number of allylic oxidation sites excluding steroid dienone is 1. The fourth-order valence-electron chi connectivity index (χ4n) is 2.17. The summed E-state index contributed by atoms with van der Waals surface area (Å²) in [6.07, 6.45) is 2.29. The fraction of sp³-hybridized carbons (Fsp3) is 0.125. The van der Waals surface area contributed by atoms with E-state index >= 15 is 0 Å². The van der Waals surface area contributed by atoms with Gasteiger partial charge in [0.15, 0.2) is 0 Å². The first-order chi connectivity index (χ1) is 8.77. The van der Waals surface area contributed by atoms with E-state index in [1.807, 2.05) is 36.4 Å². The molecule has 0 atom stereocenters. The molecule has 2 aromatic rings. The van der Waals surface area contributed by atoms with Crippen LogP contribution in [0.25, 0.3) is 5.57 Å². The highest BCUT2D eigenvalue weighted by molar-refractivity contribution is 6.34. The van der Waals surface area contributed by atoms with Crippen molar-refractivity contribution in [2.45, 2.75) is 12.8 Å². The summed E-state index contributed by atoms with van der Waals surface area (Å²) in [6, 6.07) is 15.9. The molecule has 0 saturated heterocycles. The SMILES string of the molecule is Clc1ccccc1C(=C1CC1)c1ccccc1Cl. The van der Waals surface area contributed by atoms with Crippen molar-refractivity contribution in [2.75, 3.05) is 0 Å². The first-order valence-corrected chi connectivity index (χ1v) is 6.75. The summed E-state index contributed by atoms with van der Waals surface area (Å²) in [5, 5.41) is 1.57. The summed E-state index contributed by atoms with van der Waals surface area (Å²) >= 11 is 12.6. The lowest BCUT2D eigenvalue weighted by Crippen LogP contribution is -1.90. The Balaban J connectivity index is 2.21. The predicted molar refractivity (Wildman–Crippen MR) is 78.2 cm³/mol. The van der Waals surface area contributed by atoms with Gasteiger partial charge in [-0.25, -0.2) is 0 Å². The molecule has 0 nitrogen and oxygen atoms in total. The molecule has 90 valence electrons. The molecule has 18 heavy (non-hydrogen) atoms. The molecule has 1 saturated carbocycles. The van der Waals surface area contributed by atoms with Crippen molar-refractivity contribution in [2.24, 2.45) is 0 Å². The fourth-order valence-corrected chi connectivity index (χ4v) is 2.63. The molecule has 0 aliphatic heterocycles. The molecule has 0 N–H and O–H groups in total. The van der Waals surface area contributed by atoms with Crippen molar-refractivity contribution in [1.29, 1.82) is 0 Å². The zero-order valence-electron chi connectivity index (χ0n) is 9.79. The van der Waals surface area contributed by atoms with Gasteiger partial charge in [-0.15, -0.1) is 0 Å². The van der Waals surface area contributed by atoms with Gasteiger partial charge in [0.2, 0.25) is 0 Å². The molecule has 2 aromatic carbocycles. The van der Waals surface area contributed by atoms with Crippen LogP contribution in [0.5, 0.6) is 0 Å². The molecular formula is C16H12Cl2. The lowest BCUT2D eigenvalue weighted by Gasteiger charge is -2.11. The molecular weight excluding hydrogens is 263 g/mol. The Kier molecular flexibility index (Phi) is 3.15. The van der Waals surface area contributed by atoms with Gasteiger partial charge in [0.05, 0.1) is 0 Å². The maximum atomic E-state index is 6.32. The maximum Gasteiger partial charge on any atom is 0.0484 e. The van der Waals surface area contributed by atoms with Gasteiger partial charge < -0.3 is 0 Å². The molecule has 0 heterocycles.